The fourth-order valence-electron chi connectivity index (χ4n) is 1.32. The molecule has 0 bridgehead atoms. The van der Waals surface area contributed by atoms with E-state index in [1.54, 1.807) is 24.3 Å². The minimum atomic E-state index is -0.451. The lowest BCUT2D eigenvalue weighted by Crippen LogP contribution is -2.28. The number of rotatable bonds is 2. The SMILES string of the molecule is Nc1ccc(NC(=O)NC2=CC(=O)OC2)cc1. The first-order chi connectivity index (χ1) is 8.13. The summed E-state index contributed by atoms with van der Waals surface area (Å²) in [4.78, 5) is 22.2. The van der Waals surface area contributed by atoms with Crippen molar-refractivity contribution >= 4 is 23.4 Å². The summed E-state index contributed by atoms with van der Waals surface area (Å²) in [5.74, 6) is -0.451. The van der Waals surface area contributed by atoms with E-state index in [4.69, 9.17) is 5.73 Å². The van der Waals surface area contributed by atoms with Gasteiger partial charge in [-0.1, -0.05) is 0 Å². The van der Waals surface area contributed by atoms with Crippen molar-refractivity contribution in [3.63, 3.8) is 0 Å². The smallest absolute Gasteiger partial charge is 0.333 e. The van der Waals surface area contributed by atoms with Gasteiger partial charge in [0.15, 0.2) is 0 Å². The lowest BCUT2D eigenvalue weighted by Gasteiger charge is -2.07. The molecule has 88 valence electrons. The van der Waals surface area contributed by atoms with Gasteiger partial charge in [-0.2, -0.15) is 0 Å². The van der Waals surface area contributed by atoms with Gasteiger partial charge < -0.3 is 21.1 Å². The second-order valence-corrected chi connectivity index (χ2v) is 3.48. The van der Waals surface area contributed by atoms with Crippen molar-refractivity contribution < 1.29 is 14.3 Å². The first kappa shape index (κ1) is 11.0. The Morgan fingerprint density at radius 1 is 1.24 bits per heavy atom. The van der Waals surface area contributed by atoms with Crippen LogP contribution in [0.1, 0.15) is 0 Å². The molecule has 0 aromatic heterocycles. The highest BCUT2D eigenvalue weighted by molar-refractivity contribution is 5.92. The van der Waals surface area contributed by atoms with Crippen molar-refractivity contribution in [1.82, 2.24) is 5.32 Å². The van der Waals surface area contributed by atoms with Crippen LogP contribution in [0.25, 0.3) is 0 Å². The van der Waals surface area contributed by atoms with Crippen LogP contribution in [0.3, 0.4) is 0 Å². The van der Waals surface area contributed by atoms with E-state index < -0.39 is 12.0 Å². The Bertz CT molecular complexity index is 479. The number of hydrogen-bond donors (Lipinski definition) is 3. The van der Waals surface area contributed by atoms with E-state index in [1.165, 1.54) is 6.08 Å². The van der Waals surface area contributed by atoms with E-state index in [0.717, 1.165) is 0 Å². The van der Waals surface area contributed by atoms with E-state index in [0.29, 0.717) is 17.1 Å². The number of nitrogens with one attached hydrogen (secondary N) is 2. The molecule has 1 aliphatic heterocycles. The average molecular weight is 233 g/mol. The highest BCUT2D eigenvalue weighted by atomic mass is 16.5. The van der Waals surface area contributed by atoms with Gasteiger partial charge in [-0.3, -0.25) is 0 Å². The molecule has 1 aromatic carbocycles. The highest BCUT2D eigenvalue weighted by Gasteiger charge is 2.14. The minimum Gasteiger partial charge on any atom is -0.456 e. The van der Waals surface area contributed by atoms with Crippen LogP contribution in [0.2, 0.25) is 0 Å². The number of cyclic esters (lactones) is 1. The monoisotopic (exact) mass is 233 g/mol. The summed E-state index contributed by atoms with van der Waals surface area (Å²) in [5.41, 5.74) is 7.18. The maximum absolute atomic E-state index is 11.5. The second-order valence-electron chi connectivity index (χ2n) is 3.48. The lowest BCUT2D eigenvalue weighted by molar-refractivity contribution is -0.134. The number of amides is 2. The molecule has 2 rings (SSSR count). The number of carbonyl (C=O) groups is 2. The van der Waals surface area contributed by atoms with E-state index in [1.807, 2.05) is 0 Å². The minimum absolute atomic E-state index is 0.0913. The molecule has 6 heteroatoms. The molecule has 1 aliphatic rings. The summed E-state index contributed by atoms with van der Waals surface area (Å²) in [5, 5.41) is 5.10. The van der Waals surface area contributed by atoms with Gasteiger partial charge in [-0.25, -0.2) is 9.59 Å². The number of nitrogens with two attached hydrogens (primary N) is 1. The molecule has 0 aliphatic carbocycles. The summed E-state index contributed by atoms with van der Waals surface area (Å²) >= 11 is 0. The van der Waals surface area contributed by atoms with Gasteiger partial charge >= 0.3 is 12.0 Å². The van der Waals surface area contributed by atoms with Gasteiger partial charge in [0.1, 0.15) is 6.61 Å². The van der Waals surface area contributed by atoms with Crippen LogP contribution in [0.4, 0.5) is 16.2 Å². The van der Waals surface area contributed by atoms with Crippen LogP contribution >= 0.6 is 0 Å². The summed E-state index contributed by atoms with van der Waals surface area (Å²) in [7, 11) is 0. The van der Waals surface area contributed by atoms with E-state index in [2.05, 4.69) is 15.4 Å². The number of anilines is 2. The number of hydrogen-bond acceptors (Lipinski definition) is 4. The molecule has 4 N–H and O–H groups in total. The standard InChI is InChI=1S/C11H11N3O3/c12-7-1-3-8(4-2-7)13-11(16)14-9-5-10(15)17-6-9/h1-5H,6,12H2,(H2,13,14,16). The van der Waals surface area contributed by atoms with Crippen LogP contribution in [-0.2, 0) is 9.53 Å². The Labute approximate surface area is 97.4 Å². The molecular formula is C11H11N3O3. The maximum atomic E-state index is 11.5. The molecule has 2 amide bonds. The van der Waals surface area contributed by atoms with Crippen LogP contribution < -0.4 is 16.4 Å². The quantitative estimate of drug-likeness (QED) is 0.521. The third-order valence-electron chi connectivity index (χ3n) is 2.10. The molecule has 1 aromatic rings. The van der Waals surface area contributed by atoms with E-state index >= 15 is 0 Å². The molecule has 0 fully saturated rings. The molecule has 0 spiro atoms. The zero-order valence-electron chi connectivity index (χ0n) is 8.90. The Balaban J connectivity index is 1.91. The van der Waals surface area contributed by atoms with Gasteiger partial charge in [-0.15, -0.1) is 0 Å². The molecule has 0 radical (unpaired) electrons. The highest BCUT2D eigenvalue weighted by Crippen LogP contribution is 2.10. The van der Waals surface area contributed by atoms with Crippen molar-refractivity contribution in [3.05, 3.63) is 36.0 Å². The first-order valence-corrected chi connectivity index (χ1v) is 4.94. The predicted molar refractivity (Wildman–Crippen MR) is 62.1 cm³/mol. The molecule has 1 heterocycles. The third kappa shape index (κ3) is 2.97. The lowest BCUT2D eigenvalue weighted by atomic mass is 10.3. The number of esters is 1. The third-order valence-corrected chi connectivity index (χ3v) is 2.10. The van der Waals surface area contributed by atoms with Crippen molar-refractivity contribution in [2.24, 2.45) is 0 Å². The van der Waals surface area contributed by atoms with Gasteiger partial charge in [0, 0.05) is 17.5 Å². The fourth-order valence-corrected chi connectivity index (χ4v) is 1.32. The van der Waals surface area contributed by atoms with Crippen LogP contribution in [0, 0.1) is 0 Å². The van der Waals surface area contributed by atoms with Crippen molar-refractivity contribution in [2.75, 3.05) is 17.7 Å². The topological polar surface area (TPSA) is 93.5 Å². The Morgan fingerprint density at radius 2 is 1.94 bits per heavy atom. The molecule has 0 saturated carbocycles. The Hall–Kier alpha value is -2.50. The molecule has 0 saturated heterocycles. The molecule has 0 unspecified atom stereocenters. The zero-order valence-corrected chi connectivity index (χ0v) is 8.90. The molecular weight excluding hydrogens is 222 g/mol. The number of carbonyl (C=O) groups excluding carboxylic acids is 2. The number of nitrogen functional groups attached to an aromatic ring is 1. The van der Waals surface area contributed by atoms with Crippen molar-refractivity contribution in [1.29, 1.82) is 0 Å². The Morgan fingerprint density at radius 3 is 2.53 bits per heavy atom. The maximum Gasteiger partial charge on any atom is 0.333 e. The summed E-state index contributed by atoms with van der Waals surface area (Å²) in [6.07, 6.45) is 1.24. The zero-order chi connectivity index (χ0) is 12.3. The first-order valence-electron chi connectivity index (χ1n) is 4.94. The van der Waals surface area contributed by atoms with E-state index in [-0.39, 0.29) is 6.61 Å². The number of ether oxygens (including phenoxy) is 1. The van der Waals surface area contributed by atoms with Gasteiger partial charge in [0.05, 0.1) is 5.70 Å². The van der Waals surface area contributed by atoms with Crippen molar-refractivity contribution in [3.8, 4) is 0 Å². The second kappa shape index (κ2) is 4.56. The molecule has 6 nitrogen and oxygen atoms in total. The molecule has 0 atom stereocenters. The largest absolute Gasteiger partial charge is 0.456 e. The summed E-state index contributed by atoms with van der Waals surface area (Å²) < 4.78 is 4.64. The number of urea groups is 1. The molecule has 17 heavy (non-hydrogen) atoms. The average Bonchev–Trinajstić information content (AvgIpc) is 2.67. The fraction of sp³-hybridized carbons (Fsp3) is 0.0909. The number of benzene rings is 1. The van der Waals surface area contributed by atoms with Gasteiger partial charge in [0.2, 0.25) is 0 Å². The summed E-state index contributed by atoms with van der Waals surface area (Å²) in [6.45, 7) is 0.0913. The van der Waals surface area contributed by atoms with Crippen LogP contribution in [0.5, 0.6) is 0 Å². The van der Waals surface area contributed by atoms with Crippen LogP contribution in [-0.4, -0.2) is 18.6 Å². The van der Waals surface area contributed by atoms with Gasteiger partial charge in [0.25, 0.3) is 0 Å². The predicted octanol–water partition coefficient (Wildman–Crippen LogP) is 0.831. The Kier molecular flexibility index (Phi) is 2.95. The van der Waals surface area contributed by atoms with Crippen LogP contribution in [0.15, 0.2) is 36.0 Å². The van der Waals surface area contributed by atoms with Gasteiger partial charge in [-0.05, 0) is 24.3 Å². The van der Waals surface area contributed by atoms with E-state index in [9.17, 15) is 9.59 Å². The summed E-state index contributed by atoms with van der Waals surface area (Å²) in [6, 6.07) is 6.28. The van der Waals surface area contributed by atoms with Crippen molar-refractivity contribution in [2.45, 2.75) is 0 Å². The normalized spacial score (nSPS) is 13.9.